The van der Waals surface area contributed by atoms with Gasteiger partial charge in [-0.3, -0.25) is 4.90 Å². The molecule has 0 aliphatic rings. The molecule has 1 atom stereocenters. The predicted octanol–water partition coefficient (Wildman–Crippen LogP) is 1.91. The summed E-state index contributed by atoms with van der Waals surface area (Å²) >= 11 is 0. The van der Waals surface area contributed by atoms with E-state index in [1.807, 2.05) is 0 Å². The first-order valence-corrected chi connectivity index (χ1v) is 7.78. The van der Waals surface area contributed by atoms with Crippen molar-refractivity contribution in [2.75, 3.05) is 54.0 Å². The molecule has 122 valence electrons. The molecule has 0 aromatic rings. The van der Waals surface area contributed by atoms with E-state index in [4.69, 9.17) is 4.74 Å². The van der Waals surface area contributed by atoms with Gasteiger partial charge in [0, 0.05) is 44.9 Å². The van der Waals surface area contributed by atoms with Gasteiger partial charge in [0.25, 0.3) is 0 Å². The molecular formula is C16H37N3O. The minimum atomic E-state index is 0.150. The van der Waals surface area contributed by atoms with Crippen LogP contribution in [-0.4, -0.2) is 75.4 Å². The van der Waals surface area contributed by atoms with Gasteiger partial charge < -0.3 is 15.0 Å². The zero-order chi connectivity index (χ0) is 15.8. The second-order valence-electron chi connectivity index (χ2n) is 7.43. The minimum Gasteiger partial charge on any atom is -0.383 e. The second kappa shape index (κ2) is 9.72. The number of hydrogen-bond acceptors (Lipinski definition) is 4. The van der Waals surface area contributed by atoms with Crippen molar-refractivity contribution in [3.63, 3.8) is 0 Å². The van der Waals surface area contributed by atoms with Gasteiger partial charge in [0.1, 0.15) is 0 Å². The molecule has 0 aromatic heterocycles. The van der Waals surface area contributed by atoms with Gasteiger partial charge in [-0.05, 0) is 40.8 Å². The van der Waals surface area contributed by atoms with Crippen molar-refractivity contribution in [1.29, 1.82) is 0 Å². The Kier molecular flexibility index (Phi) is 9.64. The molecule has 0 saturated carbocycles. The van der Waals surface area contributed by atoms with E-state index in [9.17, 15) is 0 Å². The Morgan fingerprint density at radius 2 is 1.70 bits per heavy atom. The van der Waals surface area contributed by atoms with Gasteiger partial charge in [-0.2, -0.15) is 0 Å². The molecule has 0 spiro atoms. The lowest BCUT2D eigenvalue weighted by Gasteiger charge is -2.35. The molecule has 1 N–H and O–H groups in total. The van der Waals surface area contributed by atoms with Crippen LogP contribution >= 0.6 is 0 Å². The number of likely N-dealkylation sites (N-methyl/N-ethyl adjacent to an activating group) is 1. The molecule has 0 rings (SSSR count). The van der Waals surface area contributed by atoms with E-state index in [0.29, 0.717) is 12.0 Å². The summed E-state index contributed by atoms with van der Waals surface area (Å²) in [5, 5.41) is 3.61. The Balaban J connectivity index is 4.62. The van der Waals surface area contributed by atoms with Gasteiger partial charge in [0.2, 0.25) is 0 Å². The lowest BCUT2D eigenvalue weighted by molar-refractivity contribution is 0.0732. The lowest BCUT2D eigenvalue weighted by atomic mass is 10.1. The van der Waals surface area contributed by atoms with Crippen molar-refractivity contribution in [3.8, 4) is 0 Å². The van der Waals surface area contributed by atoms with Gasteiger partial charge in [0.05, 0.1) is 6.61 Å². The average Bonchev–Trinajstić information content (AvgIpc) is 2.28. The second-order valence-corrected chi connectivity index (χ2v) is 7.43. The Morgan fingerprint density at radius 3 is 2.10 bits per heavy atom. The molecule has 0 aromatic carbocycles. The molecule has 20 heavy (non-hydrogen) atoms. The molecule has 0 amide bonds. The smallest absolute Gasteiger partial charge is 0.0630 e. The standard InChI is InChI=1S/C16H37N3O/c1-14(2)12-19(10-9-18(6)7)15(13-20-8)11-17-16(3,4)5/h14-15,17H,9-13H2,1-8H3. The Labute approximate surface area is 126 Å². The number of ether oxygens (including phenoxy) is 1. The third-order valence-electron chi connectivity index (χ3n) is 3.18. The van der Waals surface area contributed by atoms with Crippen LogP contribution in [0.15, 0.2) is 0 Å². The summed E-state index contributed by atoms with van der Waals surface area (Å²) in [6, 6.07) is 0.432. The van der Waals surface area contributed by atoms with Crippen molar-refractivity contribution in [1.82, 2.24) is 15.1 Å². The molecule has 0 radical (unpaired) electrons. The molecule has 1 unspecified atom stereocenters. The summed E-state index contributed by atoms with van der Waals surface area (Å²) in [4.78, 5) is 4.81. The maximum absolute atomic E-state index is 5.44. The first kappa shape index (κ1) is 19.8. The van der Waals surface area contributed by atoms with E-state index in [1.54, 1.807) is 7.11 Å². The minimum absolute atomic E-state index is 0.150. The van der Waals surface area contributed by atoms with Crippen LogP contribution in [0.4, 0.5) is 0 Å². The van der Waals surface area contributed by atoms with Crippen LogP contribution in [0.25, 0.3) is 0 Å². The highest BCUT2D eigenvalue weighted by molar-refractivity contribution is 4.80. The number of nitrogens with one attached hydrogen (secondary N) is 1. The van der Waals surface area contributed by atoms with Gasteiger partial charge >= 0.3 is 0 Å². The molecule has 0 fully saturated rings. The first-order chi connectivity index (χ1) is 9.15. The first-order valence-electron chi connectivity index (χ1n) is 7.78. The van der Waals surface area contributed by atoms with Gasteiger partial charge in [-0.1, -0.05) is 13.8 Å². The number of hydrogen-bond donors (Lipinski definition) is 1. The van der Waals surface area contributed by atoms with Crippen LogP contribution in [0.1, 0.15) is 34.6 Å². The fourth-order valence-electron chi connectivity index (χ4n) is 2.13. The number of methoxy groups -OCH3 is 1. The summed E-state index contributed by atoms with van der Waals surface area (Å²) in [6.07, 6.45) is 0. The van der Waals surface area contributed by atoms with Crippen molar-refractivity contribution < 1.29 is 4.74 Å². The Morgan fingerprint density at radius 1 is 1.10 bits per heavy atom. The monoisotopic (exact) mass is 287 g/mol. The van der Waals surface area contributed by atoms with Gasteiger partial charge in [-0.15, -0.1) is 0 Å². The van der Waals surface area contributed by atoms with Crippen LogP contribution in [0.2, 0.25) is 0 Å². The van der Waals surface area contributed by atoms with E-state index < -0.39 is 0 Å². The van der Waals surface area contributed by atoms with Crippen molar-refractivity contribution in [2.45, 2.75) is 46.2 Å². The van der Waals surface area contributed by atoms with Crippen molar-refractivity contribution in [2.24, 2.45) is 5.92 Å². The van der Waals surface area contributed by atoms with Crippen LogP contribution < -0.4 is 5.32 Å². The topological polar surface area (TPSA) is 27.7 Å². The quantitative estimate of drug-likeness (QED) is 0.664. The summed E-state index contributed by atoms with van der Waals surface area (Å²) in [7, 11) is 6.06. The predicted molar refractivity (Wildman–Crippen MR) is 88.4 cm³/mol. The van der Waals surface area contributed by atoms with Crippen LogP contribution in [0.3, 0.4) is 0 Å². The molecule has 0 bridgehead atoms. The molecule has 4 heteroatoms. The zero-order valence-electron chi connectivity index (χ0n) is 15.0. The Bertz CT molecular complexity index is 236. The maximum atomic E-state index is 5.44. The normalized spacial score (nSPS) is 14.6. The highest BCUT2D eigenvalue weighted by atomic mass is 16.5. The molecule has 4 nitrogen and oxygen atoms in total. The molecule has 0 aliphatic carbocycles. The maximum Gasteiger partial charge on any atom is 0.0630 e. The van der Waals surface area contributed by atoms with E-state index in [0.717, 1.165) is 32.8 Å². The van der Waals surface area contributed by atoms with Crippen LogP contribution in [-0.2, 0) is 4.74 Å². The van der Waals surface area contributed by atoms with E-state index in [1.165, 1.54) is 0 Å². The fraction of sp³-hybridized carbons (Fsp3) is 1.00. The third-order valence-corrected chi connectivity index (χ3v) is 3.18. The van der Waals surface area contributed by atoms with E-state index in [2.05, 4.69) is 63.8 Å². The van der Waals surface area contributed by atoms with Crippen molar-refractivity contribution in [3.05, 3.63) is 0 Å². The number of rotatable bonds is 10. The van der Waals surface area contributed by atoms with Gasteiger partial charge in [0.15, 0.2) is 0 Å². The highest BCUT2D eigenvalue weighted by Gasteiger charge is 2.21. The zero-order valence-corrected chi connectivity index (χ0v) is 15.0. The fourth-order valence-corrected chi connectivity index (χ4v) is 2.13. The van der Waals surface area contributed by atoms with Gasteiger partial charge in [-0.25, -0.2) is 0 Å². The molecule has 0 saturated heterocycles. The molecular weight excluding hydrogens is 250 g/mol. The third kappa shape index (κ3) is 10.6. The largest absolute Gasteiger partial charge is 0.383 e. The van der Waals surface area contributed by atoms with Crippen LogP contribution in [0, 0.1) is 5.92 Å². The Hall–Kier alpha value is -0.160. The summed E-state index contributed by atoms with van der Waals surface area (Å²) in [5.41, 5.74) is 0.150. The molecule has 0 aliphatic heterocycles. The summed E-state index contributed by atoms with van der Waals surface area (Å²) in [5.74, 6) is 0.672. The summed E-state index contributed by atoms with van der Waals surface area (Å²) < 4.78 is 5.44. The highest BCUT2D eigenvalue weighted by Crippen LogP contribution is 2.07. The summed E-state index contributed by atoms with van der Waals surface area (Å²) in [6.45, 7) is 16.2. The van der Waals surface area contributed by atoms with E-state index in [-0.39, 0.29) is 5.54 Å². The van der Waals surface area contributed by atoms with Crippen LogP contribution in [0.5, 0.6) is 0 Å². The molecule has 0 heterocycles. The lowest BCUT2D eigenvalue weighted by Crippen LogP contribution is -2.51. The SMILES string of the molecule is COCC(CNC(C)(C)C)N(CCN(C)C)CC(C)C. The van der Waals surface area contributed by atoms with E-state index >= 15 is 0 Å². The average molecular weight is 287 g/mol. The number of nitrogens with zero attached hydrogens (tertiary/aromatic N) is 2. The van der Waals surface area contributed by atoms with Crippen molar-refractivity contribution >= 4 is 0 Å².